The molecule has 18 heavy (non-hydrogen) atoms. The molecule has 1 aromatic carbocycles. The average Bonchev–Trinajstić information content (AvgIpc) is 2.27. The van der Waals surface area contributed by atoms with E-state index in [4.69, 9.17) is 5.73 Å². The normalized spacial score (nSPS) is 13.6. The molecule has 0 amide bonds. The molecule has 6 heteroatoms. The highest BCUT2D eigenvalue weighted by atomic mass is 32.2. The molecule has 1 unspecified atom stereocenters. The first-order chi connectivity index (χ1) is 8.40. The Balaban J connectivity index is 2.99. The van der Waals surface area contributed by atoms with E-state index in [0.717, 1.165) is 6.07 Å². The number of hydrogen-bond donors (Lipinski definition) is 2. The molecule has 0 aliphatic carbocycles. The third-order valence-corrected chi connectivity index (χ3v) is 4.44. The van der Waals surface area contributed by atoms with Crippen LogP contribution in [0.5, 0.6) is 0 Å². The molecule has 4 nitrogen and oxygen atoms in total. The Bertz CT molecular complexity index is 503. The lowest BCUT2D eigenvalue weighted by atomic mass is 10.2. The lowest BCUT2D eigenvalue weighted by Gasteiger charge is -2.17. The number of benzene rings is 1. The van der Waals surface area contributed by atoms with Crippen LogP contribution in [0.25, 0.3) is 0 Å². The van der Waals surface area contributed by atoms with Crippen LogP contribution in [-0.2, 0) is 10.0 Å². The molecule has 0 fully saturated rings. The van der Waals surface area contributed by atoms with Gasteiger partial charge in [0.2, 0.25) is 10.0 Å². The zero-order chi connectivity index (χ0) is 13.8. The van der Waals surface area contributed by atoms with E-state index < -0.39 is 15.8 Å². The fourth-order valence-corrected chi connectivity index (χ4v) is 3.33. The molecule has 0 saturated heterocycles. The van der Waals surface area contributed by atoms with Crippen LogP contribution in [-0.4, -0.2) is 21.0 Å². The smallest absolute Gasteiger partial charge is 0.241 e. The Hall–Kier alpha value is -0.980. The summed E-state index contributed by atoms with van der Waals surface area (Å²) in [6, 6.07) is 3.44. The Labute approximate surface area is 107 Å². The van der Waals surface area contributed by atoms with Crippen molar-refractivity contribution in [1.82, 2.24) is 4.72 Å². The molecule has 0 bridgehead atoms. The van der Waals surface area contributed by atoms with Crippen molar-refractivity contribution < 1.29 is 12.8 Å². The number of aryl methyl sites for hydroxylation is 1. The topological polar surface area (TPSA) is 72.2 Å². The molecule has 0 aliphatic heterocycles. The van der Waals surface area contributed by atoms with Gasteiger partial charge in [-0.3, -0.25) is 0 Å². The van der Waals surface area contributed by atoms with Gasteiger partial charge in [-0.25, -0.2) is 17.5 Å². The maximum Gasteiger partial charge on any atom is 0.241 e. The predicted molar refractivity (Wildman–Crippen MR) is 69.2 cm³/mol. The van der Waals surface area contributed by atoms with Crippen molar-refractivity contribution in [2.24, 2.45) is 5.73 Å². The van der Waals surface area contributed by atoms with Crippen LogP contribution >= 0.6 is 0 Å². The first kappa shape index (κ1) is 15.1. The zero-order valence-electron chi connectivity index (χ0n) is 10.6. The minimum absolute atomic E-state index is 0.111. The number of halogens is 1. The van der Waals surface area contributed by atoms with Gasteiger partial charge < -0.3 is 5.73 Å². The third kappa shape index (κ3) is 3.76. The van der Waals surface area contributed by atoms with Gasteiger partial charge in [-0.2, -0.15) is 0 Å². The SMILES string of the molecule is CCC(CCN)NS(=O)(=O)c1ccc(F)cc1C. The largest absolute Gasteiger partial charge is 0.330 e. The van der Waals surface area contributed by atoms with Gasteiger partial charge in [-0.1, -0.05) is 6.92 Å². The van der Waals surface area contributed by atoms with E-state index in [1.807, 2.05) is 6.92 Å². The fraction of sp³-hybridized carbons (Fsp3) is 0.500. The van der Waals surface area contributed by atoms with E-state index in [1.54, 1.807) is 6.92 Å². The van der Waals surface area contributed by atoms with Crippen molar-refractivity contribution in [3.63, 3.8) is 0 Å². The van der Waals surface area contributed by atoms with Gasteiger partial charge in [0.15, 0.2) is 0 Å². The molecular formula is C12H19FN2O2S. The lowest BCUT2D eigenvalue weighted by Crippen LogP contribution is -2.36. The van der Waals surface area contributed by atoms with Crippen LogP contribution in [0, 0.1) is 12.7 Å². The molecule has 1 atom stereocenters. The third-order valence-electron chi connectivity index (χ3n) is 2.76. The number of rotatable bonds is 6. The highest BCUT2D eigenvalue weighted by molar-refractivity contribution is 7.89. The Morgan fingerprint density at radius 2 is 2.11 bits per heavy atom. The van der Waals surface area contributed by atoms with Gasteiger partial charge in [0, 0.05) is 6.04 Å². The molecule has 102 valence electrons. The van der Waals surface area contributed by atoms with Crippen LogP contribution in [0.3, 0.4) is 0 Å². The van der Waals surface area contributed by atoms with Crippen molar-refractivity contribution in [2.45, 2.75) is 37.6 Å². The standard InChI is InChI=1S/C12H19FN2O2S/c1-3-11(6-7-14)15-18(16,17)12-5-4-10(13)8-9(12)2/h4-5,8,11,15H,3,6-7,14H2,1-2H3. The summed E-state index contributed by atoms with van der Waals surface area (Å²) in [5.41, 5.74) is 5.82. The van der Waals surface area contributed by atoms with Crippen molar-refractivity contribution in [1.29, 1.82) is 0 Å². The number of hydrogen-bond acceptors (Lipinski definition) is 3. The van der Waals surface area contributed by atoms with Gasteiger partial charge in [-0.15, -0.1) is 0 Å². The van der Waals surface area contributed by atoms with Crippen LogP contribution in [0.4, 0.5) is 4.39 Å². The zero-order valence-corrected chi connectivity index (χ0v) is 11.4. The monoisotopic (exact) mass is 274 g/mol. The van der Waals surface area contributed by atoms with Crippen molar-refractivity contribution in [3.8, 4) is 0 Å². The second-order valence-electron chi connectivity index (χ2n) is 4.21. The summed E-state index contributed by atoms with van der Waals surface area (Å²) in [6.45, 7) is 3.88. The van der Waals surface area contributed by atoms with Crippen LogP contribution in [0.1, 0.15) is 25.3 Å². The van der Waals surface area contributed by atoms with Crippen molar-refractivity contribution in [3.05, 3.63) is 29.6 Å². The number of nitrogens with two attached hydrogens (primary N) is 1. The first-order valence-corrected chi connectivity index (χ1v) is 7.37. The highest BCUT2D eigenvalue weighted by Gasteiger charge is 2.20. The number of sulfonamides is 1. The molecule has 0 aromatic heterocycles. The van der Waals surface area contributed by atoms with E-state index in [-0.39, 0.29) is 10.9 Å². The lowest BCUT2D eigenvalue weighted by molar-refractivity contribution is 0.520. The van der Waals surface area contributed by atoms with Crippen molar-refractivity contribution >= 4 is 10.0 Å². The average molecular weight is 274 g/mol. The summed E-state index contributed by atoms with van der Waals surface area (Å²) in [6.07, 6.45) is 1.24. The molecular weight excluding hydrogens is 255 g/mol. The van der Waals surface area contributed by atoms with E-state index >= 15 is 0 Å². The second-order valence-corrected chi connectivity index (χ2v) is 5.90. The van der Waals surface area contributed by atoms with Gasteiger partial charge in [0.1, 0.15) is 5.82 Å². The summed E-state index contributed by atoms with van der Waals surface area (Å²) < 4.78 is 39.8. The van der Waals surface area contributed by atoms with Crippen molar-refractivity contribution in [2.75, 3.05) is 6.54 Å². The van der Waals surface area contributed by atoms with Crippen LogP contribution in [0.15, 0.2) is 23.1 Å². The molecule has 1 rings (SSSR count). The quantitative estimate of drug-likeness (QED) is 0.826. The summed E-state index contributed by atoms with van der Waals surface area (Å²) >= 11 is 0. The first-order valence-electron chi connectivity index (χ1n) is 5.89. The van der Waals surface area contributed by atoms with Gasteiger partial charge in [-0.05, 0) is 50.1 Å². The van der Waals surface area contributed by atoms with E-state index in [2.05, 4.69) is 4.72 Å². The maximum atomic E-state index is 13.0. The molecule has 0 radical (unpaired) electrons. The highest BCUT2D eigenvalue weighted by Crippen LogP contribution is 2.17. The van der Waals surface area contributed by atoms with E-state index in [0.29, 0.717) is 24.9 Å². The van der Waals surface area contributed by atoms with E-state index in [1.165, 1.54) is 12.1 Å². The van der Waals surface area contributed by atoms with E-state index in [9.17, 15) is 12.8 Å². The van der Waals surface area contributed by atoms with Crippen LogP contribution < -0.4 is 10.5 Å². The summed E-state index contributed by atoms with van der Waals surface area (Å²) in [7, 11) is -3.61. The molecule has 0 aliphatic rings. The predicted octanol–water partition coefficient (Wildman–Crippen LogP) is 1.54. The Morgan fingerprint density at radius 3 is 2.61 bits per heavy atom. The van der Waals surface area contributed by atoms with Gasteiger partial charge in [0.05, 0.1) is 4.90 Å². The molecule has 3 N–H and O–H groups in total. The Morgan fingerprint density at radius 1 is 1.44 bits per heavy atom. The molecule has 1 aromatic rings. The minimum atomic E-state index is -3.61. The van der Waals surface area contributed by atoms with Crippen LogP contribution in [0.2, 0.25) is 0 Å². The van der Waals surface area contributed by atoms with Gasteiger partial charge in [0.25, 0.3) is 0 Å². The fourth-order valence-electron chi connectivity index (χ4n) is 1.74. The molecule has 0 spiro atoms. The van der Waals surface area contributed by atoms with Gasteiger partial charge >= 0.3 is 0 Å². The maximum absolute atomic E-state index is 13.0. The Kier molecular flexibility index (Phi) is 5.25. The summed E-state index contributed by atoms with van der Waals surface area (Å²) in [5.74, 6) is -0.444. The molecule has 0 saturated carbocycles. The summed E-state index contributed by atoms with van der Waals surface area (Å²) in [4.78, 5) is 0.111. The molecule has 0 heterocycles. The number of nitrogens with one attached hydrogen (secondary N) is 1. The second kappa shape index (κ2) is 6.26. The minimum Gasteiger partial charge on any atom is -0.330 e. The summed E-state index contributed by atoms with van der Waals surface area (Å²) in [5, 5.41) is 0.